The van der Waals surface area contributed by atoms with Crippen molar-refractivity contribution in [2.45, 2.75) is 6.54 Å². The summed E-state index contributed by atoms with van der Waals surface area (Å²) in [6.45, 7) is 1.97. The van der Waals surface area contributed by atoms with Crippen LogP contribution < -0.4 is 11.1 Å². The third-order valence-electron chi connectivity index (χ3n) is 1.69. The number of phenolic OH excluding ortho intramolecular Hbond substituents is 2. The molecule has 0 saturated carbocycles. The summed E-state index contributed by atoms with van der Waals surface area (Å²) in [4.78, 5) is 0. The minimum absolute atomic E-state index is 0.0907. The molecule has 0 unspecified atom stereocenters. The van der Waals surface area contributed by atoms with Crippen molar-refractivity contribution in [3.63, 3.8) is 0 Å². The Morgan fingerprint density at radius 2 is 2.00 bits per heavy atom. The number of benzene rings is 1. The van der Waals surface area contributed by atoms with Crippen LogP contribution in [-0.2, 0) is 6.54 Å². The maximum atomic E-state index is 9.15. The fourth-order valence-electron chi connectivity index (χ4n) is 1.01. The monoisotopic (exact) mass is 182 g/mol. The molecule has 0 atom stereocenters. The van der Waals surface area contributed by atoms with Crippen molar-refractivity contribution in [2.75, 3.05) is 13.1 Å². The van der Waals surface area contributed by atoms with E-state index in [1.54, 1.807) is 6.07 Å². The molecule has 4 heteroatoms. The zero-order valence-corrected chi connectivity index (χ0v) is 7.33. The van der Waals surface area contributed by atoms with Gasteiger partial charge in [-0.2, -0.15) is 0 Å². The summed E-state index contributed by atoms with van der Waals surface area (Å²) in [5, 5.41) is 21.3. The lowest BCUT2D eigenvalue weighted by atomic mass is 10.2. The number of rotatable bonds is 4. The van der Waals surface area contributed by atoms with Crippen molar-refractivity contribution in [1.82, 2.24) is 5.32 Å². The quantitative estimate of drug-likeness (QED) is 0.395. The number of hydrogen-bond acceptors (Lipinski definition) is 4. The predicted octanol–water partition coefficient (Wildman–Crippen LogP) is 0.146. The number of hydrogen-bond donors (Lipinski definition) is 4. The molecule has 0 spiro atoms. The van der Waals surface area contributed by atoms with Gasteiger partial charge in [0.05, 0.1) is 0 Å². The Labute approximate surface area is 77.0 Å². The van der Waals surface area contributed by atoms with Crippen LogP contribution in [0.15, 0.2) is 18.2 Å². The molecule has 0 fully saturated rings. The Balaban J connectivity index is 2.53. The summed E-state index contributed by atoms with van der Waals surface area (Å²) in [6.07, 6.45) is 0. The van der Waals surface area contributed by atoms with Crippen LogP contribution in [0.4, 0.5) is 0 Å². The predicted molar refractivity (Wildman–Crippen MR) is 50.5 cm³/mol. The van der Waals surface area contributed by atoms with Crippen LogP contribution in [0, 0.1) is 0 Å². The van der Waals surface area contributed by atoms with Crippen molar-refractivity contribution in [3.8, 4) is 11.5 Å². The molecule has 0 aliphatic rings. The van der Waals surface area contributed by atoms with E-state index in [0.717, 1.165) is 12.1 Å². The van der Waals surface area contributed by atoms with E-state index in [1.807, 2.05) is 0 Å². The lowest BCUT2D eigenvalue weighted by Crippen LogP contribution is -2.21. The van der Waals surface area contributed by atoms with Gasteiger partial charge in [0.15, 0.2) is 11.5 Å². The van der Waals surface area contributed by atoms with E-state index in [1.165, 1.54) is 12.1 Å². The molecule has 5 N–H and O–H groups in total. The van der Waals surface area contributed by atoms with Crippen LogP contribution in [-0.4, -0.2) is 23.3 Å². The average molecular weight is 182 g/mol. The van der Waals surface area contributed by atoms with Crippen LogP contribution in [0.3, 0.4) is 0 Å². The first-order chi connectivity index (χ1) is 6.24. The van der Waals surface area contributed by atoms with Gasteiger partial charge >= 0.3 is 0 Å². The van der Waals surface area contributed by atoms with E-state index >= 15 is 0 Å². The second kappa shape index (κ2) is 4.69. The summed E-state index contributed by atoms with van der Waals surface area (Å²) in [6, 6.07) is 4.74. The zero-order chi connectivity index (χ0) is 9.68. The third kappa shape index (κ3) is 2.93. The molecule has 0 aliphatic carbocycles. The maximum absolute atomic E-state index is 9.15. The van der Waals surface area contributed by atoms with Crippen LogP contribution in [0.1, 0.15) is 5.56 Å². The van der Waals surface area contributed by atoms with Crippen molar-refractivity contribution in [3.05, 3.63) is 23.8 Å². The molecule has 0 bridgehead atoms. The van der Waals surface area contributed by atoms with Gasteiger partial charge < -0.3 is 21.3 Å². The highest BCUT2D eigenvalue weighted by Gasteiger charge is 1.99. The van der Waals surface area contributed by atoms with E-state index in [4.69, 9.17) is 15.9 Å². The van der Waals surface area contributed by atoms with Gasteiger partial charge in [-0.15, -0.1) is 0 Å². The van der Waals surface area contributed by atoms with Gasteiger partial charge in [-0.25, -0.2) is 0 Å². The van der Waals surface area contributed by atoms with Crippen molar-refractivity contribution in [2.24, 2.45) is 5.73 Å². The summed E-state index contributed by atoms with van der Waals surface area (Å²) in [7, 11) is 0. The molecule has 72 valence electrons. The van der Waals surface area contributed by atoms with Gasteiger partial charge in [0, 0.05) is 19.6 Å². The molecule has 0 saturated heterocycles. The number of aromatic hydroxyl groups is 2. The Morgan fingerprint density at radius 1 is 1.23 bits per heavy atom. The second-order valence-electron chi connectivity index (χ2n) is 2.79. The van der Waals surface area contributed by atoms with Crippen molar-refractivity contribution < 1.29 is 10.2 Å². The Morgan fingerprint density at radius 3 is 2.62 bits per heavy atom. The maximum Gasteiger partial charge on any atom is 0.157 e. The fourth-order valence-corrected chi connectivity index (χ4v) is 1.01. The molecule has 13 heavy (non-hydrogen) atoms. The van der Waals surface area contributed by atoms with Gasteiger partial charge in [0.1, 0.15) is 0 Å². The first-order valence-corrected chi connectivity index (χ1v) is 4.15. The zero-order valence-electron chi connectivity index (χ0n) is 7.33. The van der Waals surface area contributed by atoms with E-state index < -0.39 is 0 Å². The van der Waals surface area contributed by atoms with Crippen molar-refractivity contribution in [1.29, 1.82) is 0 Å². The molecular weight excluding hydrogens is 168 g/mol. The van der Waals surface area contributed by atoms with Gasteiger partial charge in [-0.05, 0) is 17.7 Å². The highest BCUT2D eigenvalue weighted by Crippen LogP contribution is 2.24. The van der Waals surface area contributed by atoms with Gasteiger partial charge in [0.2, 0.25) is 0 Å². The lowest BCUT2D eigenvalue weighted by Gasteiger charge is -2.04. The molecule has 1 aromatic rings. The summed E-state index contributed by atoms with van der Waals surface area (Å²) in [5.41, 5.74) is 6.21. The molecule has 1 rings (SSSR count). The molecule has 0 radical (unpaired) electrons. The molecule has 0 aromatic heterocycles. The van der Waals surface area contributed by atoms with E-state index in [0.29, 0.717) is 13.1 Å². The minimum atomic E-state index is -0.0948. The largest absolute Gasteiger partial charge is 0.504 e. The Bertz CT molecular complexity index is 276. The highest BCUT2D eigenvalue weighted by molar-refractivity contribution is 5.40. The first kappa shape index (κ1) is 9.83. The van der Waals surface area contributed by atoms with E-state index in [2.05, 4.69) is 5.32 Å². The van der Waals surface area contributed by atoms with Gasteiger partial charge in [-0.1, -0.05) is 6.07 Å². The molecular formula is C9H14N2O2. The van der Waals surface area contributed by atoms with Crippen LogP contribution in [0.5, 0.6) is 11.5 Å². The molecule has 0 amide bonds. The third-order valence-corrected chi connectivity index (χ3v) is 1.69. The van der Waals surface area contributed by atoms with Gasteiger partial charge in [0.25, 0.3) is 0 Å². The number of nitrogens with one attached hydrogen (secondary N) is 1. The standard InChI is InChI=1S/C9H14N2O2/c10-3-4-11-6-7-1-2-8(12)9(13)5-7/h1-2,5,11-13H,3-4,6,10H2. The van der Waals surface area contributed by atoms with Crippen LogP contribution >= 0.6 is 0 Å². The molecule has 1 aromatic carbocycles. The van der Waals surface area contributed by atoms with Crippen molar-refractivity contribution >= 4 is 0 Å². The Hall–Kier alpha value is -1.26. The second-order valence-corrected chi connectivity index (χ2v) is 2.79. The SMILES string of the molecule is NCCNCc1ccc(O)c(O)c1. The first-order valence-electron chi connectivity index (χ1n) is 4.15. The molecule has 0 heterocycles. The van der Waals surface area contributed by atoms with Crippen LogP contribution in [0.25, 0.3) is 0 Å². The lowest BCUT2D eigenvalue weighted by molar-refractivity contribution is 0.403. The molecule has 0 aliphatic heterocycles. The van der Waals surface area contributed by atoms with Gasteiger partial charge in [-0.3, -0.25) is 0 Å². The topological polar surface area (TPSA) is 78.5 Å². The normalized spacial score (nSPS) is 10.2. The summed E-state index contributed by atoms with van der Waals surface area (Å²) < 4.78 is 0. The average Bonchev–Trinajstić information content (AvgIpc) is 2.12. The number of phenols is 2. The highest BCUT2D eigenvalue weighted by atomic mass is 16.3. The van der Waals surface area contributed by atoms with E-state index in [9.17, 15) is 0 Å². The molecule has 4 nitrogen and oxygen atoms in total. The minimum Gasteiger partial charge on any atom is -0.504 e. The smallest absolute Gasteiger partial charge is 0.157 e. The summed E-state index contributed by atoms with van der Waals surface area (Å²) in [5.74, 6) is -0.186. The number of nitrogens with two attached hydrogens (primary N) is 1. The Kier molecular flexibility index (Phi) is 3.54. The fraction of sp³-hybridized carbons (Fsp3) is 0.333. The van der Waals surface area contributed by atoms with E-state index in [-0.39, 0.29) is 11.5 Å². The van der Waals surface area contributed by atoms with Crippen LogP contribution in [0.2, 0.25) is 0 Å². The summed E-state index contributed by atoms with van der Waals surface area (Å²) >= 11 is 0.